The molecule has 5 rings (SSSR count). The number of hydrogen-bond acceptors (Lipinski definition) is 6. The van der Waals surface area contributed by atoms with Crippen LogP contribution in [0.2, 0.25) is 0 Å². The van der Waals surface area contributed by atoms with Gasteiger partial charge >= 0.3 is 5.97 Å². The maximum atomic E-state index is 12.9. The minimum atomic E-state index is -0.750. The Morgan fingerprint density at radius 2 is 1.43 bits per heavy atom. The molecule has 2 saturated carbocycles. The van der Waals surface area contributed by atoms with Crippen LogP contribution < -0.4 is 15.8 Å². The molecule has 3 aliphatic rings. The maximum Gasteiger partial charge on any atom is 0.338 e. The Morgan fingerprint density at radius 3 is 2.03 bits per heavy atom. The molecule has 0 spiro atoms. The Morgan fingerprint density at radius 1 is 0.857 bits per heavy atom. The van der Waals surface area contributed by atoms with Crippen molar-refractivity contribution in [3.05, 3.63) is 64.1 Å². The first-order valence-corrected chi connectivity index (χ1v) is 12.1. The van der Waals surface area contributed by atoms with E-state index in [9.17, 15) is 24.0 Å². The van der Waals surface area contributed by atoms with Gasteiger partial charge < -0.3 is 4.74 Å². The minimum Gasteiger partial charge on any atom is -0.452 e. The molecule has 2 bridgehead atoms. The number of halogens is 1. The Kier molecular flexibility index (Phi) is 6.14. The van der Waals surface area contributed by atoms with Gasteiger partial charge in [0.1, 0.15) is 0 Å². The third-order valence-electron chi connectivity index (χ3n) is 7.04. The molecule has 2 N–H and O–H groups in total. The summed E-state index contributed by atoms with van der Waals surface area (Å²) in [5.74, 6) is -2.11. The average Bonchev–Trinajstić information content (AvgIpc) is 3.55. The second-order valence-corrected chi connectivity index (χ2v) is 9.94. The number of benzene rings is 2. The van der Waals surface area contributed by atoms with E-state index in [-0.39, 0.29) is 29.2 Å². The number of rotatable bonds is 5. The number of hydrazine groups is 1. The number of nitrogens with zero attached hydrogens (tertiary/aromatic N) is 1. The number of nitrogens with one attached hydrogen (secondary N) is 2. The lowest BCUT2D eigenvalue weighted by Gasteiger charge is -2.19. The van der Waals surface area contributed by atoms with Crippen LogP contribution in [0.1, 0.15) is 40.0 Å². The molecule has 0 radical (unpaired) electrons. The molecule has 180 valence electrons. The summed E-state index contributed by atoms with van der Waals surface area (Å²) in [6, 6.07) is 12.5. The molecule has 35 heavy (non-hydrogen) atoms. The molecule has 1 aliphatic heterocycles. The van der Waals surface area contributed by atoms with Crippen molar-refractivity contribution >= 4 is 51.2 Å². The van der Waals surface area contributed by atoms with E-state index in [2.05, 4.69) is 26.8 Å². The Balaban J connectivity index is 1.13. The predicted molar refractivity (Wildman–Crippen MR) is 127 cm³/mol. The van der Waals surface area contributed by atoms with Crippen LogP contribution in [0.4, 0.5) is 5.69 Å². The van der Waals surface area contributed by atoms with Crippen molar-refractivity contribution in [3.8, 4) is 0 Å². The Labute approximate surface area is 209 Å². The predicted octanol–water partition coefficient (Wildman–Crippen LogP) is 2.60. The first-order chi connectivity index (χ1) is 16.8. The molecule has 1 heterocycles. The third-order valence-corrected chi connectivity index (χ3v) is 7.57. The zero-order chi connectivity index (χ0) is 24.7. The van der Waals surface area contributed by atoms with Gasteiger partial charge in [-0.2, -0.15) is 0 Å². The van der Waals surface area contributed by atoms with E-state index in [1.807, 2.05) is 0 Å². The summed E-state index contributed by atoms with van der Waals surface area (Å²) in [6.07, 6.45) is 2.98. The summed E-state index contributed by atoms with van der Waals surface area (Å²) in [4.78, 5) is 63.4. The number of esters is 1. The van der Waals surface area contributed by atoms with E-state index in [1.165, 1.54) is 29.2 Å². The van der Waals surface area contributed by atoms with Gasteiger partial charge in [0.25, 0.3) is 11.8 Å². The van der Waals surface area contributed by atoms with Crippen molar-refractivity contribution in [1.82, 2.24) is 10.9 Å². The fraction of sp³-hybridized carbons (Fsp3) is 0.320. The highest BCUT2D eigenvalue weighted by atomic mass is 79.9. The highest BCUT2D eigenvalue weighted by Gasteiger charge is 2.61. The fourth-order valence-electron chi connectivity index (χ4n) is 5.46. The lowest BCUT2D eigenvalue weighted by Crippen LogP contribution is -2.43. The van der Waals surface area contributed by atoms with Crippen LogP contribution in [0, 0.1) is 23.7 Å². The summed E-state index contributed by atoms with van der Waals surface area (Å²) in [7, 11) is 0. The second kappa shape index (κ2) is 9.26. The summed E-state index contributed by atoms with van der Waals surface area (Å²) >= 11 is 3.27. The zero-order valence-corrected chi connectivity index (χ0v) is 20.1. The Hall–Kier alpha value is -3.53. The monoisotopic (exact) mass is 539 g/mol. The van der Waals surface area contributed by atoms with E-state index in [0.29, 0.717) is 23.1 Å². The quantitative estimate of drug-likeness (QED) is 0.342. The number of anilines is 1. The summed E-state index contributed by atoms with van der Waals surface area (Å²) in [5, 5.41) is 0. The van der Waals surface area contributed by atoms with Crippen molar-refractivity contribution < 1.29 is 28.7 Å². The molecule has 1 saturated heterocycles. The summed E-state index contributed by atoms with van der Waals surface area (Å²) in [6.45, 7) is -0.601. The number of hydrogen-bond donors (Lipinski definition) is 2. The van der Waals surface area contributed by atoms with Gasteiger partial charge in [0, 0.05) is 10.0 Å². The van der Waals surface area contributed by atoms with Crippen LogP contribution in [0.3, 0.4) is 0 Å². The topological polar surface area (TPSA) is 122 Å². The Bertz CT molecular complexity index is 1180. The van der Waals surface area contributed by atoms with Gasteiger partial charge in [-0.15, -0.1) is 0 Å². The number of carbonyl (C=O) groups excluding carboxylic acids is 5. The highest BCUT2D eigenvalue weighted by Crippen LogP contribution is 2.56. The third kappa shape index (κ3) is 4.34. The molecule has 9 nitrogen and oxygen atoms in total. The largest absolute Gasteiger partial charge is 0.452 e. The molecule has 4 amide bonds. The second-order valence-electron chi connectivity index (χ2n) is 9.03. The van der Waals surface area contributed by atoms with Crippen molar-refractivity contribution in [2.45, 2.75) is 19.3 Å². The standard InChI is InChI=1S/C25H22BrN3O6/c26-17-7-3-13(4-8-17)22(31)28-27-19(30)12-35-25(34)14-5-9-18(10-6-14)29-23(32)20-15-1-2-16(11-15)21(20)24(29)33/h3-10,15-16,20-21H,1-2,11-12H2,(H,27,30)(H,28,31)/t15-,16-,20-,21+/m0/s1. The van der Waals surface area contributed by atoms with Gasteiger partial charge in [-0.05, 0) is 79.6 Å². The smallest absolute Gasteiger partial charge is 0.338 e. The van der Waals surface area contributed by atoms with Gasteiger partial charge in [0.05, 0.1) is 23.1 Å². The summed E-state index contributed by atoms with van der Waals surface area (Å²) < 4.78 is 5.80. The highest BCUT2D eigenvalue weighted by molar-refractivity contribution is 9.10. The van der Waals surface area contributed by atoms with Crippen molar-refractivity contribution in [2.75, 3.05) is 11.5 Å². The molecular formula is C25H22BrN3O6. The van der Waals surface area contributed by atoms with E-state index < -0.39 is 24.4 Å². The van der Waals surface area contributed by atoms with E-state index >= 15 is 0 Å². The van der Waals surface area contributed by atoms with Crippen molar-refractivity contribution in [3.63, 3.8) is 0 Å². The number of fused-ring (bicyclic) bond motifs is 5. The maximum absolute atomic E-state index is 12.9. The van der Waals surface area contributed by atoms with Crippen LogP contribution in [0.25, 0.3) is 0 Å². The number of imide groups is 1. The van der Waals surface area contributed by atoms with Crippen LogP contribution in [-0.4, -0.2) is 36.2 Å². The zero-order valence-electron chi connectivity index (χ0n) is 18.5. The lowest BCUT2D eigenvalue weighted by atomic mass is 9.81. The SMILES string of the molecule is O=C(COC(=O)c1ccc(N2C(=O)[C@@H]3[C@H]4CC[C@@H](C4)[C@@H]3C2=O)cc1)NNC(=O)c1ccc(Br)cc1. The van der Waals surface area contributed by atoms with E-state index in [1.54, 1.807) is 24.3 Å². The van der Waals surface area contributed by atoms with Gasteiger partial charge in [0.15, 0.2) is 6.61 Å². The lowest BCUT2D eigenvalue weighted by molar-refractivity contribution is -0.125. The van der Waals surface area contributed by atoms with Crippen molar-refractivity contribution in [2.24, 2.45) is 23.7 Å². The van der Waals surface area contributed by atoms with Gasteiger partial charge in [0.2, 0.25) is 11.8 Å². The molecule has 2 aromatic carbocycles. The van der Waals surface area contributed by atoms with Crippen LogP contribution >= 0.6 is 15.9 Å². The molecule has 2 aliphatic carbocycles. The molecule has 0 unspecified atom stereocenters. The van der Waals surface area contributed by atoms with E-state index in [4.69, 9.17) is 4.74 Å². The first-order valence-electron chi connectivity index (χ1n) is 11.3. The van der Waals surface area contributed by atoms with Crippen LogP contribution in [0.5, 0.6) is 0 Å². The number of carbonyl (C=O) groups is 5. The molecule has 2 aromatic rings. The van der Waals surface area contributed by atoms with E-state index in [0.717, 1.165) is 23.7 Å². The molecule has 0 aromatic heterocycles. The van der Waals surface area contributed by atoms with Crippen molar-refractivity contribution in [1.29, 1.82) is 0 Å². The molecule has 4 atom stereocenters. The molecule has 3 fully saturated rings. The van der Waals surface area contributed by atoms with Gasteiger partial charge in [-0.3, -0.25) is 34.9 Å². The summed E-state index contributed by atoms with van der Waals surface area (Å²) in [5.41, 5.74) is 5.36. The first kappa shape index (κ1) is 23.2. The molecule has 10 heteroatoms. The fourth-order valence-corrected chi connectivity index (χ4v) is 5.72. The van der Waals surface area contributed by atoms with Crippen LogP contribution in [0.15, 0.2) is 53.0 Å². The minimum absolute atomic E-state index is 0.149. The normalized spacial score (nSPS) is 24.3. The number of amides is 4. The number of ether oxygens (including phenoxy) is 1. The van der Waals surface area contributed by atoms with Gasteiger partial charge in [-0.1, -0.05) is 15.9 Å². The van der Waals surface area contributed by atoms with Gasteiger partial charge in [-0.25, -0.2) is 4.79 Å². The molecular weight excluding hydrogens is 518 g/mol. The average molecular weight is 540 g/mol. The van der Waals surface area contributed by atoms with Crippen LogP contribution in [-0.2, 0) is 19.1 Å².